The molecule has 2 aliphatic heterocycles. The predicted molar refractivity (Wildman–Crippen MR) is 130 cm³/mol. The molecule has 2 aromatic rings. The summed E-state index contributed by atoms with van der Waals surface area (Å²) in [6.07, 6.45) is 0. The number of nitriles is 1. The Morgan fingerprint density at radius 1 is 1.31 bits per heavy atom. The highest BCUT2D eigenvalue weighted by atomic mass is 32.1. The lowest BCUT2D eigenvalue weighted by molar-refractivity contribution is -0.125. The number of hydrogen-bond acceptors (Lipinski definition) is 8. The number of ether oxygens (including phenoxy) is 2. The van der Waals surface area contributed by atoms with Gasteiger partial charge in [0.25, 0.3) is 0 Å². The van der Waals surface area contributed by atoms with Gasteiger partial charge in [0.2, 0.25) is 17.7 Å². The smallest absolute Gasteiger partial charge is 0.343 e. The maximum atomic E-state index is 14.3. The number of nitrogens with two attached hydrogens (primary N) is 1. The number of aryl methyl sites for hydroxylation is 1. The zero-order valence-corrected chi connectivity index (χ0v) is 21.0. The van der Waals surface area contributed by atoms with E-state index in [0.717, 1.165) is 0 Å². The normalized spacial score (nSPS) is 18.6. The molecule has 0 unspecified atom stereocenters. The third-order valence-electron chi connectivity index (χ3n) is 5.79. The number of thiophene rings is 1. The molecule has 0 aliphatic carbocycles. The van der Waals surface area contributed by atoms with Crippen LogP contribution in [0.4, 0.5) is 5.69 Å². The quantitative estimate of drug-likeness (QED) is 0.624. The number of para-hydroxylation sites is 1. The molecule has 0 radical (unpaired) electrons. The van der Waals surface area contributed by atoms with Crippen molar-refractivity contribution in [2.75, 3.05) is 18.1 Å². The molecule has 9 nitrogen and oxygen atoms in total. The van der Waals surface area contributed by atoms with Gasteiger partial charge in [-0.3, -0.25) is 9.59 Å². The summed E-state index contributed by atoms with van der Waals surface area (Å²) in [6, 6.07) is 9.02. The number of anilines is 1. The van der Waals surface area contributed by atoms with Crippen LogP contribution in [-0.4, -0.2) is 36.5 Å². The maximum absolute atomic E-state index is 14.3. The molecule has 1 spiro atoms. The number of amides is 2. The number of carbonyl (C=O) groups excluding carboxylic acids is 3. The van der Waals surface area contributed by atoms with Crippen molar-refractivity contribution in [1.82, 2.24) is 5.32 Å². The van der Waals surface area contributed by atoms with Crippen molar-refractivity contribution in [2.45, 2.75) is 45.6 Å². The molecule has 0 fully saturated rings. The van der Waals surface area contributed by atoms with Crippen LogP contribution in [0.2, 0.25) is 0 Å². The van der Waals surface area contributed by atoms with Crippen molar-refractivity contribution in [2.24, 2.45) is 5.73 Å². The Kier molecular flexibility index (Phi) is 5.85. The number of nitrogens with one attached hydrogen (secondary N) is 1. The Balaban J connectivity index is 1.96. The van der Waals surface area contributed by atoms with Gasteiger partial charge in [0.15, 0.2) is 11.2 Å². The molecule has 0 bridgehead atoms. The second-order valence-corrected chi connectivity index (χ2v) is 10.5. The highest BCUT2D eigenvalue weighted by Gasteiger charge is 2.61. The first-order valence-electron chi connectivity index (χ1n) is 11.1. The maximum Gasteiger partial charge on any atom is 0.343 e. The molecule has 4 rings (SSSR count). The Morgan fingerprint density at radius 3 is 2.63 bits per heavy atom. The van der Waals surface area contributed by atoms with Crippen molar-refractivity contribution in [1.29, 1.82) is 5.26 Å². The number of fused-ring (bicyclic) bond motifs is 4. The molecule has 1 atom stereocenters. The van der Waals surface area contributed by atoms with Crippen LogP contribution < -0.4 is 20.7 Å². The van der Waals surface area contributed by atoms with Crippen LogP contribution >= 0.6 is 11.3 Å². The molecule has 35 heavy (non-hydrogen) atoms. The molecule has 3 heterocycles. The average molecular weight is 495 g/mol. The van der Waals surface area contributed by atoms with E-state index < -0.39 is 22.8 Å². The third kappa shape index (κ3) is 3.63. The number of rotatable bonds is 4. The first-order valence-corrected chi connectivity index (χ1v) is 11.9. The van der Waals surface area contributed by atoms with E-state index in [-0.39, 0.29) is 41.8 Å². The number of esters is 1. The van der Waals surface area contributed by atoms with Gasteiger partial charge in [0.1, 0.15) is 23.8 Å². The lowest BCUT2D eigenvalue weighted by Gasteiger charge is -2.32. The summed E-state index contributed by atoms with van der Waals surface area (Å²) >= 11 is 1.17. The van der Waals surface area contributed by atoms with Crippen molar-refractivity contribution in [3.63, 3.8) is 0 Å². The molecule has 1 aromatic heterocycles. The highest BCUT2D eigenvalue weighted by molar-refractivity contribution is 7.13. The number of carbonyl (C=O) groups is 3. The summed E-state index contributed by atoms with van der Waals surface area (Å²) in [7, 11) is 0. The van der Waals surface area contributed by atoms with Crippen molar-refractivity contribution >= 4 is 34.8 Å². The lowest BCUT2D eigenvalue weighted by Crippen LogP contribution is -2.50. The molecule has 3 N–H and O–H groups in total. The first kappa shape index (κ1) is 24.3. The first-order chi connectivity index (χ1) is 16.5. The van der Waals surface area contributed by atoms with Gasteiger partial charge in [-0.1, -0.05) is 18.2 Å². The lowest BCUT2D eigenvalue weighted by atomic mass is 9.72. The van der Waals surface area contributed by atoms with E-state index >= 15 is 0 Å². The van der Waals surface area contributed by atoms with Crippen LogP contribution in [0.5, 0.6) is 5.75 Å². The topological polar surface area (TPSA) is 135 Å². The van der Waals surface area contributed by atoms with E-state index in [1.807, 2.05) is 20.8 Å². The van der Waals surface area contributed by atoms with Crippen LogP contribution in [0.1, 0.15) is 53.4 Å². The summed E-state index contributed by atoms with van der Waals surface area (Å²) < 4.78 is 11.0. The number of benzene rings is 1. The predicted octanol–water partition coefficient (Wildman–Crippen LogP) is 2.87. The zero-order chi connectivity index (χ0) is 25.7. The molecule has 2 aliphatic rings. The van der Waals surface area contributed by atoms with E-state index in [9.17, 15) is 19.6 Å². The van der Waals surface area contributed by atoms with Crippen LogP contribution in [0.15, 0.2) is 35.7 Å². The second kappa shape index (κ2) is 8.43. The summed E-state index contributed by atoms with van der Waals surface area (Å²) in [6.45, 7) is 8.85. The molecule has 10 heteroatoms. The van der Waals surface area contributed by atoms with E-state index in [0.29, 0.717) is 21.0 Å². The standard InChI is InChI=1S/C25H26N4O5S/c1-6-33-22(31)18-13(2)35-20-19(18)34-21(27)15(11-26)25(20)14-9-7-8-10-16(14)29(23(25)32)12-17(30)28-24(3,4)5/h7-10H,6,12,27H2,1-5H3,(H,28,30)/t25-/m0/s1. The van der Waals surface area contributed by atoms with Crippen molar-refractivity contribution < 1.29 is 23.9 Å². The second-order valence-electron chi connectivity index (χ2n) is 9.32. The van der Waals surface area contributed by atoms with Gasteiger partial charge in [0.05, 0.1) is 11.5 Å². The summed E-state index contributed by atoms with van der Waals surface area (Å²) in [5.41, 5.74) is 5.12. The Bertz CT molecular complexity index is 1330. The van der Waals surface area contributed by atoms with Gasteiger partial charge in [-0.05, 0) is 40.7 Å². The minimum atomic E-state index is -1.65. The molecule has 1 aromatic carbocycles. The Labute approximate surface area is 207 Å². The minimum absolute atomic E-state index is 0.0853. The van der Waals surface area contributed by atoms with Gasteiger partial charge >= 0.3 is 5.97 Å². The van der Waals surface area contributed by atoms with E-state index in [1.54, 1.807) is 38.1 Å². The fraction of sp³-hybridized carbons (Fsp3) is 0.360. The average Bonchev–Trinajstić information content (AvgIpc) is 3.21. The molecular formula is C25H26N4O5S. The van der Waals surface area contributed by atoms with Crippen LogP contribution in [0.3, 0.4) is 0 Å². The third-order valence-corrected chi connectivity index (χ3v) is 6.99. The Hall–Kier alpha value is -3.84. The molecule has 0 saturated heterocycles. The van der Waals surface area contributed by atoms with Gasteiger partial charge in [-0.25, -0.2) is 4.79 Å². The fourth-order valence-electron chi connectivity index (χ4n) is 4.58. The molecule has 182 valence electrons. The molecular weight excluding hydrogens is 468 g/mol. The van der Waals surface area contributed by atoms with Gasteiger partial charge < -0.3 is 25.4 Å². The summed E-state index contributed by atoms with van der Waals surface area (Å²) in [5, 5.41) is 13.0. The van der Waals surface area contributed by atoms with Gasteiger partial charge in [-0.2, -0.15) is 5.26 Å². The van der Waals surface area contributed by atoms with Gasteiger partial charge in [0, 0.05) is 21.7 Å². The highest BCUT2D eigenvalue weighted by Crippen LogP contribution is 2.58. The molecule has 0 saturated carbocycles. The Morgan fingerprint density at radius 2 is 2.00 bits per heavy atom. The largest absolute Gasteiger partial charge is 0.462 e. The summed E-state index contributed by atoms with van der Waals surface area (Å²) in [4.78, 5) is 42.2. The fourth-order valence-corrected chi connectivity index (χ4v) is 5.85. The van der Waals surface area contributed by atoms with Crippen molar-refractivity contribution in [3.05, 3.63) is 56.6 Å². The van der Waals surface area contributed by atoms with Crippen LogP contribution in [-0.2, 0) is 19.7 Å². The number of nitrogens with zero attached hydrogens (tertiary/aromatic N) is 2. The van der Waals surface area contributed by atoms with E-state index in [4.69, 9.17) is 15.2 Å². The van der Waals surface area contributed by atoms with E-state index in [1.165, 1.54) is 16.2 Å². The molecule has 2 amide bonds. The monoisotopic (exact) mass is 494 g/mol. The summed E-state index contributed by atoms with van der Waals surface area (Å²) in [5.74, 6) is -1.64. The zero-order valence-electron chi connectivity index (χ0n) is 20.1. The minimum Gasteiger partial charge on any atom is -0.462 e. The number of hydrogen-bond donors (Lipinski definition) is 2. The van der Waals surface area contributed by atoms with Gasteiger partial charge in [-0.15, -0.1) is 11.3 Å². The van der Waals surface area contributed by atoms with Crippen molar-refractivity contribution in [3.8, 4) is 11.8 Å². The van der Waals surface area contributed by atoms with E-state index in [2.05, 4.69) is 11.4 Å². The van der Waals surface area contributed by atoms with Crippen LogP contribution in [0, 0.1) is 18.3 Å². The SMILES string of the molecule is CCOC(=O)c1c(C)sc2c1OC(N)=C(C#N)[C@]21C(=O)N(CC(=O)NC(C)(C)C)c2ccccc21. The van der Waals surface area contributed by atoms with Crippen LogP contribution in [0.25, 0.3) is 0 Å².